The van der Waals surface area contributed by atoms with Crippen LogP contribution in [0.1, 0.15) is 27.9 Å². The lowest BCUT2D eigenvalue weighted by atomic mass is 10.3. The zero-order valence-electron chi connectivity index (χ0n) is 11.6. The van der Waals surface area contributed by atoms with E-state index in [2.05, 4.69) is 26.3 Å². The highest BCUT2D eigenvalue weighted by molar-refractivity contribution is 9.10. The number of aromatic nitrogens is 2. The summed E-state index contributed by atoms with van der Waals surface area (Å²) in [5, 5.41) is 6.74. The number of rotatable bonds is 4. The molecule has 1 heterocycles. The van der Waals surface area contributed by atoms with E-state index in [1.165, 1.54) is 10.7 Å². The topological polar surface area (TPSA) is 73.2 Å². The minimum Gasteiger partial charge on any atom is -0.461 e. The van der Waals surface area contributed by atoms with E-state index in [9.17, 15) is 9.59 Å². The highest BCUT2D eigenvalue weighted by atomic mass is 79.9. The van der Waals surface area contributed by atoms with Gasteiger partial charge in [-0.3, -0.25) is 9.48 Å². The largest absolute Gasteiger partial charge is 0.461 e. The predicted octanol–water partition coefficient (Wildman–Crippen LogP) is 2.61. The minimum atomic E-state index is -0.506. The lowest BCUT2D eigenvalue weighted by Crippen LogP contribution is -2.13. The number of hydrogen-bond acceptors (Lipinski definition) is 4. The first-order valence-corrected chi connectivity index (χ1v) is 7.08. The predicted molar refractivity (Wildman–Crippen MR) is 81.3 cm³/mol. The Labute approximate surface area is 130 Å². The number of halogens is 1. The molecule has 0 bridgehead atoms. The molecule has 0 aliphatic carbocycles. The number of nitrogens with one attached hydrogen (secondary N) is 1. The Kier molecular flexibility index (Phi) is 4.74. The monoisotopic (exact) mass is 351 g/mol. The molecule has 1 amide bonds. The van der Waals surface area contributed by atoms with Crippen molar-refractivity contribution in [3.05, 3.63) is 46.2 Å². The Bertz CT molecular complexity index is 682. The molecule has 0 spiro atoms. The number of aryl methyl sites for hydroxylation is 1. The van der Waals surface area contributed by atoms with Crippen LogP contribution in [0.2, 0.25) is 0 Å². The van der Waals surface area contributed by atoms with Crippen molar-refractivity contribution in [3.63, 3.8) is 0 Å². The number of hydrogen-bond donors (Lipinski definition) is 1. The molecule has 0 saturated heterocycles. The highest BCUT2D eigenvalue weighted by Gasteiger charge is 2.18. The summed E-state index contributed by atoms with van der Waals surface area (Å²) in [7, 11) is 1.59. The SMILES string of the molecule is CCOC(=O)c1cc(C(=O)Nc2cccc(Br)c2)nn1C. The van der Waals surface area contributed by atoms with Crippen LogP contribution >= 0.6 is 15.9 Å². The van der Waals surface area contributed by atoms with Gasteiger partial charge in [-0.25, -0.2) is 4.79 Å². The molecule has 0 radical (unpaired) electrons. The van der Waals surface area contributed by atoms with Crippen LogP contribution in [0.3, 0.4) is 0 Å². The third kappa shape index (κ3) is 3.69. The summed E-state index contributed by atoms with van der Waals surface area (Å²) in [6.45, 7) is 1.98. The Hall–Kier alpha value is -2.15. The second kappa shape index (κ2) is 6.53. The van der Waals surface area contributed by atoms with Crippen LogP contribution in [-0.4, -0.2) is 28.3 Å². The number of ether oxygens (including phenoxy) is 1. The molecule has 6 nitrogen and oxygen atoms in total. The Morgan fingerprint density at radius 2 is 2.14 bits per heavy atom. The van der Waals surface area contributed by atoms with Gasteiger partial charge in [0.25, 0.3) is 5.91 Å². The maximum absolute atomic E-state index is 12.1. The molecule has 0 aliphatic rings. The molecule has 1 aromatic heterocycles. The van der Waals surface area contributed by atoms with Crippen molar-refractivity contribution in [1.82, 2.24) is 9.78 Å². The van der Waals surface area contributed by atoms with Gasteiger partial charge in [0.1, 0.15) is 5.69 Å². The molecule has 110 valence electrons. The van der Waals surface area contributed by atoms with Gasteiger partial charge < -0.3 is 10.1 Å². The van der Waals surface area contributed by atoms with Gasteiger partial charge in [-0.05, 0) is 25.1 Å². The molecule has 7 heteroatoms. The van der Waals surface area contributed by atoms with E-state index >= 15 is 0 Å². The number of benzene rings is 1. The fourth-order valence-corrected chi connectivity index (χ4v) is 2.13. The van der Waals surface area contributed by atoms with Crippen LogP contribution in [0.5, 0.6) is 0 Å². The number of esters is 1. The lowest BCUT2D eigenvalue weighted by Gasteiger charge is -2.02. The zero-order valence-corrected chi connectivity index (χ0v) is 13.2. The van der Waals surface area contributed by atoms with Gasteiger partial charge in [0.05, 0.1) is 6.61 Å². The van der Waals surface area contributed by atoms with Gasteiger partial charge in [-0.15, -0.1) is 0 Å². The second-order valence-electron chi connectivity index (χ2n) is 4.22. The summed E-state index contributed by atoms with van der Waals surface area (Å²) in [5.41, 5.74) is 1.02. The quantitative estimate of drug-likeness (QED) is 0.859. The third-order valence-electron chi connectivity index (χ3n) is 2.68. The number of anilines is 1. The number of amides is 1. The van der Waals surface area contributed by atoms with Gasteiger partial charge in [-0.1, -0.05) is 22.0 Å². The molecule has 0 aliphatic heterocycles. The summed E-state index contributed by atoms with van der Waals surface area (Å²) in [4.78, 5) is 23.8. The van der Waals surface area contributed by atoms with E-state index in [1.54, 1.807) is 26.1 Å². The molecule has 0 atom stereocenters. The van der Waals surface area contributed by atoms with E-state index in [-0.39, 0.29) is 23.9 Å². The first kappa shape index (κ1) is 15.2. The number of carbonyl (C=O) groups excluding carboxylic acids is 2. The van der Waals surface area contributed by atoms with Crippen LogP contribution < -0.4 is 5.32 Å². The Morgan fingerprint density at radius 3 is 2.81 bits per heavy atom. The Balaban J connectivity index is 2.17. The fraction of sp³-hybridized carbons (Fsp3) is 0.214. The van der Waals surface area contributed by atoms with Gasteiger partial charge in [0, 0.05) is 23.3 Å². The molecule has 1 aromatic carbocycles. The molecule has 2 aromatic rings. The minimum absolute atomic E-state index is 0.153. The van der Waals surface area contributed by atoms with Gasteiger partial charge >= 0.3 is 5.97 Å². The van der Waals surface area contributed by atoms with Crippen molar-refractivity contribution >= 4 is 33.5 Å². The van der Waals surface area contributed by atoms with Crippen LogP contribution in [0.15, 0.2) is 34.8 Å². The standard InChI is InChI=1S/C14H14BrN3O3/c1-3-21-14(20)12-8-11(17-18(12)2)13(19)16-10-6-4-5-9(15)7-10/h4-8H,3H2,1-2H3,(H,16,19). The van der Waals surface area contributed by atoms with Crippen molar-refractivity contribution in [1.29, 1.82) is 0 Å². The maximum atomic E-state index is 12.1. The average molecular weight is 352 g/mol. The van der Waals surface area contributed by atoms with Crippen LogP contribution in [0, 0.1) is 0 Å². The molecule has 21 heavy (non-hydrogen) atoms. The first-order valence-electron chi connectivity index (χ1n) is 6.29. The zero-order chi connectivity index (χ0) is 15.4. The lowest BCUT2D eigenvalue weighted by molar-refractivity contribution is 0.0513. The molecule has 0 saturated carbocycles. The van der Waals surface area contributed by atoms with Crippen molar-refractivity contribution in [2.24, 2.45) is 7.05 Å². The molecule has 1 N–H and O–H groups in total. The second-order valence-corrected chi connectivity index (χ2v) is 5.14. The molecule has 2 rings (SSSR count). The highest BCUT2D eigenvalue weighted by Crippen LogP contribution is 2.16. The fourth-order valence-electron chi connectivity index (χ4n) is 1.74. The number of carbonyl (C=O) groups is 2. The summed E-state index contributed by atoms with van der Waals surface area (Å²) in [5.74, 6) is -0.895. The Morgan fingerprint density at radius 1 is 1.38 bits per heavy atom. The normalized spacial score (nSPS) is 10.2. The van der Waals surface area contributed by atoms with Crippen LogP contribution in [0.25, 0.3) is 0 Å². The van der Waals surface area contributed by atoms with Gasteiger partial charge in [-0.2, -0.15) is 5.10 Å². The summed E-state index contributed by atoms with van der Waals surface area (Å²) < 4.78 is 7.08. The van der Waals surface area contributed by atoms with Crippen molar-refractivity contribution < 1.29 is 14.3 Å². The summed E-state index contributed by atoms with van der Waals surface area (Å²) >= 11 is 3.33. The average Bonchev–Trinajstić information content (AvgIpc) is 2.81. The van der Waals surface area contributed by atoms with Crippen LogP contribution in [0.4, 0.5) is 5.69 Å². The van der Waals surface area contributed by atoms with Crippen molar-refractivity contribution in [2.75, 3.05) is 11.9 Å². The third-order valence-corrected chi connectivity index (χ3v) is 3.17. The van der Waals surface area contributed by atoms with E-state index in [0.717, 1.165) is 4.47 Å². The molecule has 0 fully saturated rings. The smallest absolute Gasteiger partial charge is 0.356 e. The van der Waals surface area contributed by atoms with Gasteiger partial charge in [0.15, 0.2) is 5.69 Å². The summed E-state index contributed by atoms with van der Waals surface area (Å²) in [6.07, 6.45) is 0. The van der Waals surface area contributed by atoms with Crippen molar-refractivity contribution in [3.8, 4) is 0 Å². The maximum Gasteiger partial charge on any atom is 0.356 e. The van der Waals surface area contributed by atoms with E-state index in [4.69, 9.17) is 4.74 Å². The molecule has 0 unspecified atom stereocenters. The molecular weight excluding hydrogens is 338 g/mol. The number of nitrogens with zero attached hydrogens (tertiary/aromatic N) is 2. The first-order chi connectivity index (χ1) is 10.0. The van der Waals surface area contributed by atoms with Gasteiger partial charge in [0.2, 0.25) is 0 Å². The van der Waals surface area contributed by atoms with E-state index in [0.29, 0.717) is 5.69 Å². The molecular formula is C14H14BrN3O3. The summed E-state index contributed by atoms with van der Waals surface area (Å²) in [6, 6.07) is 8.60. The van der Waals surface area contributed by atoms with Crippen molar-refractivity contribution in [2.45, 2.75) is 6.92 Å². The van der Waals surface area contributed by atoms with Crippen LogP contribution in [-0.2, 0) is 11.8 Å². The van der Waals surface area contributed by atoms with E-state index in [1.807, 2.05) is 12.1 Å². The van der Waals surface area contributed by atoms with E-state index < -0.39 is 5.97 Å².